The molecule has 8 aliphatic heterocycles. The van der Waals surface area contributed by atoms with Crippen LogP contribution in [0.5, 0.6) is 0 Å². The Bertz CT molecular complexity index is 1260. The zero-order valence-corrected chi connectivity index (χ0v) is 34.3. The maximum Gasteiger partial charge on any atom is 0.306 e. The molecule has 14 heteroatoms. The van der Waals surface area contributed by atoms with Gasteiger partial charge in [0.25, 0.3) is 0 Å². The van der Waals surface area contributed by atoms with Crippen molar-refractivity contribution in [2.24, 2.45) is 11.8 Å². The highest BCUT2D eigenvalue weighted by atomic mass is 16.5. The van der Waals surface area contributed by atoms with E-state index in [1.54, 1.807) is 6.20 Å². The molecule has 8 aliphatic rings. The van der Waals surface area contributed by atoms with Gasteiger partial charge in [-0.3, -0.25) is 29.2 Å². The topological polar surface area (TPSA) is 122 Å². The van der Waals surface area contributed by atoms with Crippen LogP contribution >= 0.6 is 0 Å². The van der Waals surface area contributed by atoms with Gasteiger partial charge in [0.15, 0.2) is 6.20 Å². The number of piperidine rings is 4. The molecule has 1 N–H and O–H groups in total. The third kappa shape index (κ3) is 13.5. The van der Waals surface area contributed by atoms with Crippen molar-refractivity contribution < 1.29 is 38.4 Å². The van der Waals surface area contributed by atoms with E-state index in [0.717, 1.165) is 98.5 Å². The number of likely N-dealkylation sites (N-methyl/N-ethyl adjacent to an activating group) is 4. The molecular formula is C42H72N6O8. The lowest BCUT2D eigenvalue weighted by atomic mass is 9.83. The second kappa shape index (κ2) is 24.4. The Kier molecular flexibility index (Phi) is 20.9. The summed E-state index contributed by atoms with van der Waals surface area (Å²) in [6.45, 7) is 23.2. The van der Waals surface area contributed by atoms with Crippen molar-refractivity contribution in [1.29, 1.82) is 0 Å². The molecule has 2 unspecified atom stereocenters. The van der Waals surface area contributed by atoms with E-state index in [2.05, 4.69) is 57.5 Å². The van der Waals surface area contributed by atoms with Gasteiger partial charge in [-0.2, -0.15) is 0 Å². The number of carbonyl (C=O) groups excluding carboxylic acids is 2. The van der Waals surface area contributed by atoms with E-state index in [1.807, 2.05) is 6.92 Å². The van der Waals surface area contributed by atoms with E-state index in [1.165, 1.54) is 5.57 Å². The minimum absolute atomic E-state index is 0. The number of morpholine rings is 4. The maximum atomic E-state index is 11.4. The first kappa shape index (κ1) is 47.9. The number of fused-ring (bicyclic) bond motifs is 8. The smallest absolute Gasteiger partial charge is 0.306 e. The molecule has 8 fully saturated rings. The molecule has 56 heavy (non-hydrogen) atoms. The van der Waals surface area contributed by atoms with Crippen molar-refractivity contribution in [3.05, 3.63) is 34.6 Å². The third-order valence-electron chi connectivity index (χ3n) is 12.8. The number of esters is 1. The van der Waals surface area contributed by atoms with Crippen LogP contribution in [-0.2, 0) is 33.3 Å². The number of rotatable bonds is 4. The first-order chi connectivity index (χ1) is 26.6. The van der Waals surface area contributed by atoms with E-state index < -0.39 is 0 Å². The average Bonchev–Trinajstić information content (AvgIpc) is 3.12. The second-order valence-corrected chi connectivity index (χ2v) is 16.3. The van der Waals surface area contributed by atoms with Crippen molar-refractivity contribution in [2.75, 3.05) is 101 Å². The standard InChI is InChI=1S/C12H21NO3.C10H16N2O.C10H14N2O.C8H13NO2.CH4O.CH4/c1-3-16-12(14)6-9-4-10-7-15-8-11(5-9)13(10)2;2*1-11-5-8-3-9-6-13-7-10(4-8)12(9)2;1-9-6-2-8(10)3-7(9)5-11-4-6;1-2;/h9-11H,3-8H2,1-2H3;8-10H,3-7H2,2H3;5,9-10H,3-4,6-7H2,2H3;6-7H,2-5H2,1H3;2H,1H3;1H4/t9?,10-,11+;8?,9-,10+;9-,10+;6-,7+;;. The van der Waals surface area contributed by atoms with Gasteiger partial charge in [0, 0.05) is 80.6 Å². The van der Waals surface area contributed by atoms with Crippen molar-refractivity contribution in [1.82, 2.24) is 19.6 Å². The predicted molar refractivity (Wildman–Crippen MR) is 216 cm³/mol. The van der Waals surface area contributed by atoms with E-state index in [0.29, 0.717) is 98.4 Å². The first-order valence-electron chi connectivity index (χ1n) is 20.3. The van der Waals surface area contributed by atoms with Crippen LogP contribution in [0.4, 0.5) is 0 Å². The Morgan fingerprint density at radius 1 is 0.679 bits per heavy atom. The molecule has 0 spiro atoms. The van der Waals surface area contributed by atoms with Crippen LogP contribution in [0.25, 0.3) is 9.69 Å². The predicted octanol–water partition coefficient (Wildman–Crippen LogP) is 3.64. The fraction of sp³-hybridized carbons (Fsp3) is 0.857. The molecule has 8 saturated heterocycles. The number of aliphatic hydroxyl groups excluding tert-OH is 1. The first-order valence-corrected chi connectivity index (χ1v) is 20.3. The normalized spacial score (nSPS) is 35.7. The van der Waals surface area contributed by atoms with Crippen molar-refractivity contribution in [2.45, 2.75) is 120 Å². The zero-order valence-electron chi connectivity index (χ0n) is 34.3. The number of Topliss-reactive ketones (excluding diaryl/α,β-unsaturated/α-hetero) is 1. The lowest BCUT2D eigenvalue weighted by Gasteiger charge is -2.46. The SMILES string of the molecule is C.CCOC(=O)CC1C[C@H]2COC[C@@H](C1)N2C.CN1[C@@H]2COC[C@H]1CC(=O)C2.CO.[C-]#[N+]C=C1C[C@H]2COC[C@@H](C1)N2C.[C-]#[N+]CC1C[C@H]2COC[C@@H](C1)N2C. The summed E-state index contributed by atoms with van der Waals surface area (Å²) < 4.78 is 26.9. The lowest BCUT2D eigenvalue weighted by molar-refractivity contribution is -0.146. The number of nitrogens with zero attached hydrogens (tertiary/aromatic N) is 6. The molecular weight excluding hydrogens is 716 g/mol. The minimum atomic E-state index is -0.0453. The Labute approximate surface area is 337 Å². The summed E-state index contributed by atoms with van der Waals surface area (Å²) in [5.41, 5.74) is 1.30. The highest BCUT2D eigenvalue weighted by Gasteiger charge is 2.39. The third-order valence-corrected chi connectivity index (χ3v) is 12.8. The molecule has 0 aromatic carbocycles. The van der Waals surface area contributed by atoms with Crippen LogP contribution in [0.2, 0.25) is 0 Å². The Hall–Kier alpha value is -2.50. The summed E-state index contributed by atoms with van der Waals surface area (Å²) in [6.07, 6.45) is 10.1. The molecule has 0 aliphatic carbocycles. The zero-order chi connectivity index (χ0) is 39.9. The fourth-order valence-corrected chi connectivity index (χ4v) is 9.37. The molecule has 8 heterocycles. The quantitative estimate of drug-likeness (QED) is 0.331. The van der Waals surface area contributed by atoms with Gasteiger partial charge >= 0.3 is 5.97 Å². The molecule has 0 aromatic heterocycles. The van der Waals surface area contributed by atoms with Gasteiger partial charge in [-0.25, -0.2) is 11.4 Å². The van der Waals surface area contributed by atoms with Crippen LogP contribution < -0.4 is 0 Å². The van der Waals surface area contributed by atoms with Gasteiger partial charge in [0.1, 0.15) is 5.78 Å². The lowest BCUT2D eigenvalue weighted by Crippen LogP contribution is -2.55. The van der Waals surface area contributed by atoms with Gasteiger partial charge in [0.2, 0.25) is 6.54 Å². The summed E-state index contributed by atoms with van der Waals surface area (Å²) in [6, 6.07) is 3.84. The van der Waals surface area contributed by atoms with Crippen LogP contribution in [-0.4, -0.2) is 186 Å². The number of hydrogen-bond acceptors (Lipinski definition) is 12. The van der Waals surface area contributed by atoms with E-state index in [-0.39, 0.29) is 13.4 Å². The summed E-state index contributed by atoms with van der Waals surface area (Å²) in [5.74, 6) is 1.46. The number of aliphatic hydroxyl groups is 1. The highest BCUT2D eigenvalue weighted by molar-refractivity contribution is 5.80. The highest BCUT2D eigenvalue weighted by Crippen LogP contribution is 2.33. The van der Waals surface area contributed by atoms with Crippen LogP contribution in [0.15, 0.2) is 11.8 Å². The molecule has 0 aromatic rings. The fourth-order valence-electron chi connectivity index (χ4n) is 9.37. The number of ketones is 1. The summed E-state index contributed by atoms with van der Waals surface area (Å²) >= 11 is 0. The molecule has 14 nitrogen and oxygen atoms in total. The van der Waals surface area contributed by atoms with Crippen LogP contribution in [0, 0.1) is 25.0 Å². The summed E-state index contributed by atoms with van der Waals surface area (Å²) in [7, 11) is 9.60. The second-order valence-electron chi connectivity index (χ2n) is 16.3. The van der Waals surface area contributed by atoms with Gasteiger partial charge in [-0.1, -0.05) is 13.0 Å². The Morgan fingerprint density at radius 2 is 1.04 bits per heavy atom. The van der Waals surface area contributed by atoms with Gasteiger partial charge in [-0.05, 0) is 79.6 Å². The molecule has 318 valence electrons. The molecule has 10 atom stereocenters. The molecule has 8 bridgehead atoms. The number of carbonyl (C=O) groups is 2. The number of ether oxygens (including phenoxy) is 5. The maximum absolute atomic E-state index is 11.4. The van der Waals surface area contributed by atoms with Gasteiger partial charge in [0.05, 0.1) is 66.0 Å². The Morgan fingerprint density at radius 3 is 1.41 bits per heavy atom. The van der Waals surface area contributed by atoms with Crippen molar-refractivity contribution >= 4 is 11.8 Å². The number of hydrogen-bond donors (Lipinski definition) is 1. The average molecular weight is 789 g/mol. The summed E-state index contributed by atoms with van der Waals surface area (Å²) in [4.78, 5) is 38.9. The van der Waals surface area contributed by atoms with Crippen molar-refractivity contribution in [3.8, 4) is 0 Å². The molecule has 0 radical (unpaired) electrons. The largest absolute Gasteiger partial charge is 0.466 e. The van der Waals surface area contributed by atoms with E-state index in [4.69, 9.17) is 41.9 Å². The van der Waals surface area contributed by atoms with Crippen LogP contribution in [0.1, 0.15) is 72.1 Å². The van der Waals surface area contributed by atoms with Crippen molar-refractivity contribution in [3.63, 3.8) is 0 Å². The summed E-state index contributed by atoms with van der Waals surface area (Å²) in [5, 5.41) is 7.00. The Balaban J connectivity index is 0.000000197. The minimum Gasteiger partial charge on any atom is -0.466 e. The molecule has 8 rings (SSSR count). The van der Waals surface area contributed by atoms with Gasteiger partial charge < -0.3 is 33.6 Å². The van der Waals surface area contributed by atoms with Gasteiger partial charge in [-0.15, -0.1) is 0 Å². The van der Waals surface area contributed by atoms with Crippen LogP contribution in [0.3, 0.4) is 0 Å². The molecule has 0 saturated carbocycles. The van der Waals surface area contributed by atoms with E-state index >= 15 is 0 Å². The monoisotopic (exact) mass is 789 g/mol. The molecule has 0 amide bonds. The van der Waals surface area contributed by atoms with E-state index in [9.17, 15) is 9.59 Å².